The quantitative estimate of drug-likeness (QED) is 0.755. The predicted octanol–water partition coefficient (Wildman–Crippen LogP) is 4.42. The first-order valence-electron chi connectivity index (χ1n) is 7.75. The van der Waals surface area contributed by atoms with Gasteiger partial charge < -0.3 is 5.11 Å². The molecular formula is C17H19F3N2O2S. The van der Waals surface area contributed by atoms with E-state index >= 15 is 0 Å². The van der Waals surface area contributed by atoms with Crippen LogP contribution in [0.25, 0.3) is 10.6 Å². The lowest BCUT2D eigenvalue weighted by Gasteiger charge is -2.15. The molecule has 25 heavy (non-hydrogen) atoms. The van der Waals surface area contributed by atoms with Gasteiger partial charge in [0.1, 0.15) is 11.0 Å². The smallest absolute Gasteiger partial charge is 0.416 e. The lowest BCUT2D eigenvalue weighted by Crippen LogP contribution is -2.37. The number of hydrogen-bond donors (Lipinski definition) is 2. The molecule has 2 N–H and O–H groups in total. The Morgan fingerprint density at radius 1 is 1.28 bits per heavy atom. The molecule has 1 atom stereocenters. The molecule has 0 unspecified atom stereocenters. The van der Waals surface area contributed by atoms with Gasteiger partial charge in [-0.25, -0.2) is 4.98 Å². The molecule has 0 saturated heterocycles. The summed E-state index contributed by atoms with van der Waals surface area (Å²) in [5, 5.41) is 14.5. The minimum Gasteiger partial charge on any atom is -0.480 e. The minimum absolute atomic E-state index is 0.242. The van der Waals surface area contributed by atoms with Gasteiger partial charge in [-0.3, -0.25) is 10.1 Å². The second-order valence-electron chi connectivity index (χ2n) is 6.12. The normalized spacial score (nSPS) is 13.2. The largest absolute Gasteiger partial charge is 0.480 e. The van der Waals surface area contributed by atoms with Crippen molar-refractivity contribution in [2.24, 2.45) is 5.92 Å². The zero-order valence-electron chi connectivity index (χ0n) is 13.8. The maximum atomic E-state index is 12.6. The lowest BCUT2D eigenvalue weighted by molar-refractivity contribution is -0.140. The molecule has 2 aromatic rings. The molecule has 1 aromatic carbocycles. The number of aliphatic carboxylic acids is 1. The summed E-state index contributed by atoms with van der Waals surface area (Å²) in [6.45, 7) is 4.19. The van der Waals surface area contributed by atoms with E-state index in [-0.39, 0.29) is 5.92 Å². The van der Waals surface area contributed by atoms with Gasteiger partial charge in [-0.1, -0.05) is 26.0 Å². The Kier molecular flexibility index (Phi) is 6.18. The van der Waals surface area contributed by atoms with E-state index in [0.717, 1.165) is 12.1 Å². The molecule has 136 valence electrons. The maximum Gasteiger partial charge on any atom is 0.416 e. The minimum atomic E-state index is -4.36. The number of benzene rings is 1. The summed E-state index contributed by atoms with van der Waals surface area (Å²) in [4.78, 5) is 15.6. The third-order valence-corrected chi connectivity index (χ3v) is 4.49. The van der Waals surface area contributed by atoms with Crippen LogP contribution in [0.15, 0.2) is 29.6 Å². The van der Waals surface area contributed by atoms with Gasteiger partial charge in [-0.2, -0.15) is 13.2 Å². The zero-order chi connectivity index (χ0) is 18.6. The molecule has 0 aliphatic carbocycles. The van der Waals surface area contributed by atoms with Crippen molar-refractivity contribution in [2.45, 2.75) is 39.0 Å². The number of halogens is 3. The SMILES string of the molecule is CC(C)C[C@@H](NCc1csc(-c2ccc(C(F)(F)F)cc2)n1)C(=O)O. The first-order chi connectivity index (χ1) is 11.7. The zero-order valence-corrected chi connectivity index (χ0v) is 14.6. The summed E-state index contributed by atoms with van der Waals surface area (Å²) in [5.41, 5.74) is 0.559. The van der Waals surface area contributed by atoms with E-state index in [2.05, 4.69) is 10.3 Å². The second kappa shape index (κ2) is 7.97. The van der Waals surface area contributed by atoms with Crippen molar-refractivity contribution in [3.8, 4) is 10.6 Å². The van der Waals surface area contributed by atoms with Crippen LogP contribution in [0.3, 0.4) is 0 Å². The van der Waals surface area contributed by atoms with E-state index in [1.807, 2.05) is 13.8 Å². The van der Waals surface area contributed by atoms with E-state index in [4.69, 9.17) is 0 Å². The van der Waals surface area contributed by atoms with Crippen LogP contribution < -0.4 is 5.32 Å². The Hall–Kier alpha value is -1.93. The summed E-state index contributed by atoms with van der Waals surface area (Å²) in [6, 6.07) is 4.17. The predicted molar refractivity (Wildman–Crippen MR) is 90.3 cm³/mol. The molecule has 0 aliphatic rings. The molecule has 0 aliphatic heterocycles. The molecule has 0 radical (unpaired) electrons. The fourth-order valence-corrected chi connectivity index (χ4v) is 3.12. The molecule has 0 saturated carbocycles. The average Bonchev–Trinajstić information content (AvgIpc) is 2.99. The highest BCUT2D eigenvalue weighted by Gasteiger charge is 2.30. The molecule has 4 nitrogen and oxygen atoms in total. The van der Waals surface area contributed by atoms with Crippen LogP contribution in [0, 0.1) is 5.92 Å². The summed E-state index contributed by atoms with van der Waals surface area (Å²) < 4.78 is 37.8. The fraction of sp³-hybridized carbons (Fsp3) is 0.412. The molecule has 8 heteroatoms. The van der Waals surface area contributed by atoms with Crippen LogP contribution in [0.4, 0.5) is 13.2 Å². The van der Waals surface area contributed by atoms with Gasteiger partial charge in [-0.05, 0) is 24.5 Å². The summed E-state index contributed by atoms with van der Waals surface area (Å²) in [6.07, 6.45) is -3.86. The number of hydrogen-bond acceptors (Lipinski definition) is 4. The van der Waals surface area contributed by atoms with Crippen LogP contribution in [-0.2, 0) is 17.5 Å². The van der Waals surface area contributed by atoms with E-state index in [1.165, 1.54) is 23.5 Å². The summed E-state index contributed by atoms with van der Waals surface area (Å²) in [5.74, 6) is -0.668. The Labute approximate surface area is 147 Å². The van der Waals surface area contributed by atoms with E-state index in [0.29, 0.717) is 29.2 Å². The van der Waals surface area contributed by atoms with Gasteiger partial charge in [0.25, 0.3) is 0 Å². The molecule has 2 rings (SSSR count). The third-order valence-electron chi connectivity index (χ3n) is 3.55. The molecule has 0 spiro atoms. The van der Waals surface area contributed by atoms with E-state index in [1.54, 1.807) is 5.38 Å². The number of carbonyl (C=O) groups is 1. The maximum absolute atomic E-state index is 12.6. The number of carboxylic acids is 1. The highest BCUT2D eigenvalue weighted by Crippen LogP contribution is 2.31. The fourth-order valence-electron chi connectivity index (χ4n) is 2.29. The Balaban J connectivity index is 2.03. The molecule has 0 amide bonds. The van der Waals surface area contributed by atoms with Crippen molar-refractivity contribution in [1.29, 1.82) is 0 Å². The number of alkyl halides is 3. The van der Waals surface area contributed by atoms with Crippen molar-refractivity contribution in [1.82, 2.24) is 10.3 Å². The topological polar surface area (TPSA) is 62.2 Å². The highest BCUT2D eigenvalue weighted by molar-refractivity contribution is 7.13. The highest BCUT2D eigenvalue weighted by atomic mass is 32.1. The van der Waals surface area contributed by atoms with Gasteiger partial charge in [-0.15, -0.1) is 11.3 Å². The van der Waals surface area contributed by atoms with Gasteiger partial charge in [0.15, 0.2) is 0 Å². The Morgan fingerprint density at radius 2 is 1.92 bits per heavy atom. The molecule has 1 aromatic heterocycles. The van der Waals surface area contributed by atoms with Crippen LogP contribution in [0.2, 0.25) is 0 Å². The number of carboxylic acid groups (broad SMARTS) is 1. The monoisotopic (exact) mass is 372 g/mol. The van der Waals surface area contributed by atoms with Crippen molar-refractivity contribution in [3.05, 3.63) is 40.9 Å². The van der Waals surface area contributed by atoms with Gasteiger partial charge >= 0.3 is 12.1 Å². The summed E-state index contributed by atoms with van der Waals surface area (Å²) >= 11 is 1.31. The second-order valence-corrected chi connectivity index (χ2v) is 6.98. The molecule has 0 fully saturated rings. The van der Waals surface area contributed by atoms with Crippen molar-refractivity contribution < 1.29 is 23.1 Å². The number of rotatable bonds is 7. The van der Waals surface area contributed by atoms with Crippen LogP contribution >= 0.6 is 11.3 Å². The number of nitrogens with zero attached hydrogens (tertiary/aromatic N) is 1. The van der Waals surface area contributed by atoms with Crippen LogP contribution in [0.1, 0.15) is 31.5 Å². The van der Waals surface area contributed by atoms with E-state index < -0.39 is 23.8 Å². The Bertz CT molecular complexity index is 711. The lowest BCUT2D eigenvalue weighted by atomic mass is 10.0. The number of thiazole rings is 1. The van der Waals surface area contributed by atoms with Crippen molar-refractivity contribution in [2.75, 3.05) is 0 Å². The van der Waals surface area contributed by atoms with Crippen molar-refractivity contribution >= 4 is 17.3 Å². The molecular weight excluding hydrogens is 353 g/mol. The number of nitrogens with one attached hydrogen (secondary N) is 1. The summed E-state index contributed by atoms with van der Waals surface area (Å²) in [7, 11) is 0. The molecule has 1 heterocycles. The average molecular weight is 372 g/mol. The molecule has 0 bridgehead atoms. The first-order valence-corrected chi connectivity index (χ1v) is 8.63. The van der Waals surface area contributed by atoms with Gasteiger partial charge in [0.05, 0.1) is 11.3 Å². The van der Waals surface area contributed by atoms with Crippen LogP contribution in [0.5, 0.6) is 0 Å². The van der Waals surface area contributed by atoms with E-state index in [9.17, 15) is 23.1 Å². The first kappa shape index (κ1) is 19.4. The van der Waals surface area contributed by atoms with Crippen LogP contribution in [-0.4, -0.2) is 22.1 Å². The van der Waals surface area contributed by atoms with Gasteiger partial charge in [0, 0.05) is 17.5 Å². The van der Waals surface area contributed by atoms with Crippen molar-refractivity contribution in [3.63, 3.8) is 0 Å². The standard InChI is InChI=1S/C17H19F3N2O2S/c1-10(2)7-14(16(23)24)21-8-13-9-25-15(22-13)11-3-5-12(6-4-11)17(18,19)20/h3-6,9-10,14,21H,7-8H2,1-2H3,(H,23,24)/t14-/m1/s1. The Morgan fingerprint density at radius 3 is 2.44 bits per heavy atom. The third kappa shape index (κ3) is 5.54. The van der Waals surface area contributed by atoms with Gasteiger partial charge in [0.2, 0.25) is 0 Å². The number of aromatic nitrogens is 1.